The van der Waals surface area contributed by atoms with Gasteiger partial charge in [-0.3, -0.25) is 10.00 Å². The van der Waals surface area contributed by atoms with Gasteiger partial charge in [0.2, 0.25) is 0 Å². The average Bonchev–Trinajstić information content (AvgIpc) is 2.84. The third-order valence-corrected chi connectivity index (χ3v) is 4.73. The van der Waals surface area contributed by atoms with Crippen LogP contribution in [0.2, 0.25) is 0 Å². The number of aromatic nitrogens is 3. The molecule has 6 nitrogen and oxygen atoms in total. The molecule has 1 fully saturated rings. The van der Waals surface area contributed by atoms with Crippen molar-refractivity contribution >= 4 is 11.5 Å². The first-order valence-corrected chi connectivity index (χ1v) is 8.73. The Labute approximate surface area is 144 Å². The lowest BCUT2D eigenvalue weighted by atomic mass is 10.1. The molecule has 3 rings (SSSR count). The van der Waals surface area contributed by atoms with E-state index in [0.29, 0.717) is 6.04 Å². The molecule has 1 saturated heterocycles. The first-order valence-electron chi connectivity index (χ1n) is 8.73. The van der Waals surface area contributed by atoms with Crippen LogP contribution in [0.25, 0.3) is 0 Å². The molecule has 0 aliphatic carbocycles. The molecule has 3 heterocycles. The van der Waals surface area contributed by atoms with Crippen LogP contribution < -0.4 is 10.2 Å². The van der Waals surface area contributed by atoms with E-state index in [1.54, 1.807) is 0 Å². The molecule has 0 radical (unpaired) electrons. The fraction of sp³-hybridized carbons (Fsp3) is 0.556. The number of H-pyrrole nitrogens is 1. The second-order valence-electron chi connectivity index (χ2n) is 6.87. The Bertz CT molecular complexity index is 633. The van der Waals surface area contributed by atoms with Gasteiger partial charge < -0.3 is 10.2 Å². The third kappa shape index (κ3) is 4.26. The largest absolute Gasteiger partial charge is 0.381 e. The number of aromatic amines is 1. The van der Waals surface area contributed by atoms with Crippen molar-refractivity contribution in [2.45, 2.75) is 38.8 Å². The van der Waals surface area contributed by atoms with Crippen molar-refractivity contribution in [1.29, 1.82) is 0 Å². The zero-order valence-corrected chi connectivity index (χ0v) is 14.9. The minimum absolute atomic E-state index is 0.521. The number of nitrogens with one attached hydrogen (secondary N) is 2. The van der Waals surface area contributed by atoms with Crippen LogP contribution >= 0.6 is 0 Å². The Kier molecular flexibility index (Phi) is 5.35. The topological polar surface area (TPSA) is 60.1 Å². The molecular formula is C18H28N6. The molecule has 0 unspecified atom stereocenters. The SMILES string of the molecule is Cc1[nH]ncc1CN1CCC[C@@H](Nc2ccc(N(C)C)nc2)CC1. The number of anilines is 2. The summed E-state index contributed by atoms with van der Waals surface area (Å²) in [6, 6.07) is 4.71. The maximum Gasteiger partial charge on any atom is 0.128 e. The molecular weight excluding hydrogens is 300 g/mol. The van der Waals surface area contributed by atoms with Crippen LogP contribution in [0.5, 0.6) is 0 Å². The number of hydrogen-bond acceptors (Lipinski definition) is 5. The van der Waals surface area contributed by atoms with Crippen molar-refractivity contribution in [3.63, 3.8) is 0 Å². The lowest BCUT2D eigenvalue weighted by Crippen LogP contribution is -2.26. The van der Waals surface area contributed by atoms with Gasteiger partial charge in [-0.25, -0.2) is 4.98 Å². The van der Waals surface area contributed by atoms with Crippen LogP contribution in [0, 0.1) is 6.92 Å². The summed E-state index contributed by atoms with van der Waals surface area (Å²) in [5.41, 5.74) is 3.61. The van der Waals surface area contributed by atoms with E-state index in [2.05, 4.69) is 44.5 Å². The highest BCUT2D eigenvalue weighted by atomic mass is 15.2. The highest BCUT2D eigenvalue weighted by Gasteiger charge is 2.18. The van der Waals surface area contributed by atoms with Gasteiger partial charge in [0.1, 0.15) is 5.82 Å². The van der Waals surface area contributed by atoms with Crippen LogP contribution in [0.15, 0.2) is 24.5 Å². The van der Waals surface area contributed by atoms with E-state index in [1.165, 1.54) is 24.1 Å². The number of aryl methyl sites for hydroxylation is 1. The second-order valence-corrected chi connectivity index (χ2v) is 6.87. The Morgan fingerprint density at radius 2 is 2.12 bits per heavy atom. The lowest BCUT2D eigenvalue weighted by Gasteiger charge is -2.21. The van der Waals surface area contributed by atoms with Gasteiger partial charge in [-0.15, -0.1) is 0 Å². The van der Waals surface area contributed by atoms with Gasteiger partial charge in [-0.1, -0.05) is 0 Å². The smallest absolute Gasteiger partial charge is 0.128 e. The highest BCUT2D eigenvalue weighted by Crippen LogP contribution is 2.19. The summed E-state index contributed by atoms with van der Waals surface area (Å²) in [4.78, 5) is 9.04. The van der Waals surface area contributed by atoms with Crippen LogP contribution in [0.1, 0.15) is 30.5 Å². The standard InChI is InChI=1S/C18H28N6/c1-14-15(11-20-22-14)13-24-9-4-5-16(8-10-24)21-17-6-7-18(19-12-17)23(2)3/h6-7,11-12,16,21H,4-5,8-10,13H2,1-3H3,(H,20,22)/t16-/m1/s1. The van der Waals surface area contributed by atoms with Crippen LogP contribution in [-0.2, 0) is 6.54 Å². The van der Waals surface area contributed by atoms with E-state index < -0.39 is 0 Å². The summed E-state index contributed by atoms with van der Waals surface area (Å²) in [7, 11) is 4.02. The summed E-state index contributed by atoms with van der Waals surface area (Å²) in [6.45, 7) is 5.36. The lowest BCUT2D eigenvalue weighted by molar-refractivity contribution is 0.276. The van der Waals surface area contributed by atoms with Crippen molar-refractivity contribution in [1.82, 2.24) is 20.1 Å². The van der Waals surface area contributed by atoms with Crippen LogP contribution in [-0.4, -0.2) is 53.3 Å². The van der Waals surface area contributed by atoms with E-state index in [9.17, 15) is 0 Å². The molecule has 0 saturated carbocycles. The molecule has 0 amide bonds. The molecule has 6 heteroatoms. The van der Waals surface area contributed by atoms with Crippen LogP contribution in [0.4, 0.5) is 11.5 Å². The molecule has 0 bridgehead atoms. The van der Waals surface area contributed by atoms with Gasteiger partial charge >= 0.3 is 0 Å². The summed E-state index contributed by atoms with van der Waals surface area (Å²) >= 11 is 0. The monoisotopic (exact) mass is 328 g/mol. The molecule has 1 aliphatic rings. The average molecular weight is 328 g/mol. The van der Waals surface area contributed by atoms with Crippen molar-refractivity contribution in [2.24, 2.45) is 0 Å². The Morgan fingerprint density at radius 1 is 1.25 bits per heavy atom. The molecule has 0 spiro atoms. The van der Waals surface area contributed by atoms with E-state index in [-0.39, 0.29) is 0 Å². The first kappa shape index (κ1) is 16.8. The van der Waals surface area contributed by atoms with Gasteiger partial charge in [-0.05, 0) is 44.9 Å². The normalized spacial score (nSPS) is 19.0. The van der Waals surface area contributed by atoms with Crippen molar-refractivity contribution in [3.05, 3.63) is 35.8 Å². The maximum absolute atomic E-state index is 4.48. The minimum Gasteiger partial charge on any atom is -0.381 e. The molecule has 130 valence electrons. The summed E-state index contributed by atoms with van der Waals surface area (Å²) in [6.07, 6.45) is 7.47. The van der Waals surface area contributed by atoms with Crippen molar-refractivity contribution in [3.8, 4) is 0 Å². The molecule has 24 heavy (non-hydrogen) atoms. The Morgan fingerprint density at radius 3 is 2.79 bits per heavy atom. The molecule has 2 aromatic heterocycles. The number of hydrogen-bond donors (Lipinski definition) is 2. The van der Waals surface area contributed by atoms with E-state index in [4.69, 9.17) is 0 Å². The molecule has 1 atom stereocenters. The molecule has 0 aromatic carbocycles. The Hall–Kier alpha value is -2.08. The van der Waals surface area contributed by atoms with E-state index in [1.807, 2.05) is 31.4 Å². The molecule has 2 N–H and O–H groups in total. The fourth-order valence-electron chi connectivity index (χ4n) is 3.21. The second kappa shape index (κ2) is 7.66. The van der Waals surface area contributed by atoms with Crippen LogP contribution in [0.3, 0.4) is 0 Å². The summed E-state index contributed by atoms with van der Waals surface area (Å²) in [5, 5.41) is 10.8. The van der Waals surface area contributed by atoms with E-state index >= 15 is 0 Å². The van der Waals surface area contributed by atoms with Gasteiger partial charge in [-0.2, -0.15) is 5.10 Å². The minimum atomic E-state index is 0.521. The number of nitrogens with zero attached hydrogens (tertiary/aromatic N) is 4. The number of rotatable bonds is 5. The summed E-state index contributed by atoms with van der Waals surface area (Å²) in [5.74, 6) is 0.989. The van der Waals surface area contributed by atoms with Gasteiger partial charge in [0, 0.05) is 44.5 Å². The number of pyridine rings is 1. The van der Waals surface area contributed by atoms with Crippen molar-refractivity contribution in [2.75, 3.05) is 37.4 Å². The fourth-order valence-corrected chi connectivity index (χ4v) is 3.21. The first-order chi connectivity index (χ1) is 11.6. The van der Waals surface area contributed by atoms with E-state index in [0.717, 1.165) is 37.6 Å². The summed E-state index contributed by atoms with van der Waals surface area (Å²) < 4.78 is 0. The van der Waals surface area contributed by atoms with Gasteiger partial charge in [0.15, 0.2) is 0 Å². The zero-order chi connectivity index (χ0) is 16.9. The van der Waals surface area contributed by atoms with Gasteiger partial charge in [0.05, 0.1) is 18.1 Å². The van der Waals surface area contributed by atoms with Gasteiger partial charge in [0.25, 0.3) is 0 Å². The molecule has 2 aromatic rings. The maximum atomic E-state index is 4.48. The zero-order valence-electron chi connectivity index (χ0n) is 14.9. The highest BCUT2D eigenvalue weighted by molar-refractivity contribution is 5.48. The van der Waals surface area contributed by atoms with Crippen molar-refractivity contribution < 1.29 is 0 Å². The predicted molar refractivity (Wildman–Crippen MR) is 98.4 cm³/mol. The number of likely N-dealkylation sites (tertiary alicyclic amines) is 1. The predicted octanol–water partition coefficient (Wildman–Crippen LogP) is 2.65. The molecule has 1 aliphatic heterocycles. The third-order valence-electron chi connectivity index (χ3n) is 4.73. The Balaban J connectivity index is 1.52. The quantitative estimate of drug-likeness (QED) is 0.883.